The standard InChI is InChI=1S/C23H18BrFN2O3/c1-11-20-21(13-4-7-16(24)17(25)8-13)22-18(26-23(20)30-27-11)9-14(10-19(22)29)12-2-5-15(28)6-3-12/h2-8,14,21,26,28H,9-10H2,1H3. The zero-order valence-corrected chi connectivity index (χ0v) is 17.7. The molecule has 2 aromatic carbocycles. The van der Waals surface area contributed by atoms with Gasteiger partial charge in [0.1, 0.15) is 11.6 Å². The molecule has 2 N–H and O–H groups in total. The zero-order chi connectivity index (χ0) is 21.0. The van der Waals surface area contributed by atoms with Gasteiger partial charge >= 0.3 is 0 Å². The van der Waals surface area contributed by atoms with Crippen molar-refractivity contribution in [3.05, 3.63) is 86.4 Å². The number of ketones is 1. The first-order chi connectivity index (χ1) is 14.4. The molecule has 2 aliphatic rings. The van der Waals surface area contributed by atoms with Gasteiger partial charge in [0.05, 0.1) is 15.7 Å². The highest BCUT2D eigenvalue weighted by Crippen LogP contribution is 2.49. The van der Waals surface area contributed by atoms with Crippen LogP contribution in [0.3, 0.4) is 0 Å². The van der Waals surface area contributed by atoms with Gasteiger partial charge in [-0.3, -0.25) is 4.79 Å². The third-order valence-corrected chi connectivity index (χ3v) is 6.54. The maximum Gasteiger partial charge on any atom is 0.233 e. The smallest absolute Gasteiger partial charge is 0.233 e. The number of benzene rings is 2. The monoisotopic (exact) mass is 468 g/mol. The molecule has 1 aromatic heterocycles. The summed E-state index contributed by atoms with van der Waals surface area (Å²) in [4.78, 5) is 13.4. The van der Waals surface area contributed by atoms with Gasteiger partial charge in [0.25, 0.3) is 0 Å². The number of carbonyl (C=O) groups excluding carboxylic acids is 1. The van der Waals surface area contributed by atoms with Crippen LogP contribution in [0, 0.1) is 12.7 Å². The van der Waals surface area contributed by atoms with Crippen LogP contribution in [-0.2, 0) is 4.79 Å². The first kappa shape index (κ1) is 19.1. The zero-order valence-electron chi connectivity index (χ0n) is 16.1. The highest BCUT2D eigenvalue weighted by Gasteiger charge is 2.41. The number of carbonyl (C=O) groups is 1. The van der Waals surface area contributed by atoms with Crippen molar-refractivity contribution in [3.8, 4) is 5.75 Å². The molecule has 0 radical (unpaired) electrons. The second-order valence-electron chi connectivity index (χ2n) is 7.75. The van der Waals surface area contributed by atoms with Crippen LogP contribution in [-0.4, -0.2) is 16.0 Å². The molecule has 0 bridgehead atoms. The molecule has 2 atom stereocenters. The molecule has 5 rings (SSSR count). The van der Waals surface area contributed by atoms with E-state index in [1.807, 2.05) is 25.1 Å². The molecule has 7 heteroatoms. The normalized spacial score (nSPS) is 20.6. The summed E-state index contributed by atoms with van der Waals surface area (Å²) in [6.45, 7) is 1.82. The highest BCUT2D eigenvalue weighted by atomic mass is 79.9. The molecule has 0 spiro atoms. The number of aromatic nitrogens is 1. The molecule has 0 saturated carbocycles. The fourth-order valence-electron chi connectivity index (χ4n) is 4.48. The minimum absolute atomic E-state index is 0.0152. The molecule has 3 aromatic rings. The van der Waals surface area contributed by atoms with Crippen LogP contribution in [0.15, 0.2) is 62.7 Å². The van der Waals surface area contributed by atoms with Crippen LogP contribution in [0.5, 0.6) is 5.75 Å². The summed E-state index contributed by atoms with van der Waals surface area (Å²) in [6.07, 6.45) is 0.959. The Kier molecular flexibility index (Phi) is 4.50. The number of phenolic OH excluding ortho intramolecular Hbond substituents is 1. The van der Waals surface area contributed by atoms with Crippen LogP contribution in [0.2, 0.25) is 0 Å². The van der Waals surface area contributed by atoms with Crippen LogP contribution in [0.25, 0.3) is 0 Å². The highest BCUT2D eigenvalue weighted by molar-refractivity contribution is 9.10. The number of Topliss-reactive ketones (excluding diaryl/α,β-unsaturated/α-hetero) is 1. The Bertz CT molecular complexity index is 1200. The molecule has 0 amide bonds. The lowest BCUT2D eigenvalue weighted by Crippen LogP contribution is -2.29. The maximum absolute atomic E-state index is 14.4. The number of anilines is 1. The molecule has 1 aliphatic carbocycles. The van der Waals surface area contributed by atoms with Crippen molar-refractivity contribution in [2.45, 2.75) is 31.6 Å². The largest absolute Gasteiger partial charge is 0.508 e. The summed E-state index contributed by atoms with van der Waals surface area (Å²) in [7, 11) is 0. The molecular weight excluding hydrogens is 451 g/mol. The Labute approximate surface area is 180 Å². The van der Waals surface area contributed by atoms with Crippen LogP contribution >= 0.6 is 15.9 Å². The molecule has 0 saturated heterocycles. The first-order valence-corrected chi connectivity index (χ1v) is 10.4. The fraction of sp³-hybridized carbons (Fsp3) is 0.217. The Morgan fingerprint density at radius 2 is 1.90 bits per heavy atom. The summed E-state index contributed by atoms with van der Waals surface area (Å²) < 4.78 is 20.2. The number of hydrogen-bond donors (Lipinski definition) is 2. The summed E-state index contributed by atoms with van der Waals surface area (Å²) in [5, 5.41) is 16.9. The van der Waals surface area contributed by atoms with Crippen molar-refractivity contribution >= 4 is 27.6 Å². The summed E-state index contributed by atoms with van der Waals surface area (Å²) >= 11 is 3.20. The van der Waals surface area contributed by atoms with Gasteiger partial charge in [0.2, 0.25) is 5.88 Å². The predicted octanol–water partition coefficient (Wildman–Crippen LogP) is 5.55. The molecule has 30 heavy (non-hydrogen) atoms. The average molecular weight is 469 g/mol. The van der Waals surface area contributed by atoms with E-state index in [9.17, 15) is 14.3 Å². The Balaban J connectivity index is 1.62. The summed E-state index contributed by atoms with van der Waals surface area (Å²) in [6, 6.07) is 11.9. The lowest BCUT2D eigenvalue weighted by molar-refractivity contribution is -0.116. The number of nitrogens with one attached hydrogen (secondary N) is 1. The number of nitrogens with zero attached hydrogens (tertiary/aromatic N) is 1. The van der Waals surface area contributed by atoms with Crippen molar-refractivity contribution in [2.24, 2.45) is 0 Å². The van der Waals surface area contributed by atoms with Gasteiger partial charge in [-0.1, -0.05) is 23.4 Å². The second kappa shape index (κ2) is 7.09. The summed E-state index contributed by atoms with van der Waals surface area (Å²) in [5.74, 6) is -0.125. The lowest BCUT2D eigenvalue weighted by atomic mass is 9.72. The molecule has 5 nitrogen and oxygen atoms in total. The molecule has 1 aliphatic heterocycles. The number of aromatic hydroxyl groups is 1. The van der Waals surface area contributed by atoms with Gasteiger partial charge in [-0.25, -0.2) is 4.39 Å². The lowest BCUT2D eigenvalue weighted by Gasteiger charge is -2.34. The van der Waals surface area contributed by atoms with E-state index in [2.05, 4.69) is 26.4 Å². The molecule has 2 unspecified atom stereocenters. The molecule has 2 heterocycles. The van der Waals surface area contributed by atoms with E-state index in [-0.39, 0.29) is 23.3 Å². The maximum atomic E-state index is 14.4. The van der Waals surface area contributed by atoms with E-state index < -0.39 is 5.92 Å². The number of hydrogen-bond acceptors (Lipinski definition) is 5. The minimum Gasteiger partial charge on any atom is -0.508 e. The van der Waals surface area contributed by atoms with Crippen molar-refractivity contribution in [3.63, 3.8) is 0 Å². The van der Waals surface area contributed by atoms with E-state index in [1.165, 1.54) is 6.07 Å². The van der Waals surface area contributed by atoms with Gasteiger partial charge in [-0.2, -0.15) is 0 Å². The number of fused-ring (bicyclic) bond motifs is 1. The van der Waals surface area contributed by atoms with Crippen LogP contribution in [0.1, 0.15) is 47.1 Å². The second-order valence-corrected chi connectivity index (χ2v) is 8.61. The Morgan fingerprint density at radius 3 is 2.63 bits per heavy atom. The number of aryl methyl sites for hydroxylation is 1. The van der Waals surface area contributed by atoms with Crippen molar-refractivity contribution in [2.75, 3.05) is 5.32 Å². The van der Waals surface area contributed by atoms with E-state index in [0.717, 1.165) is 16.8 Å². The van der Waals surface area contributed by atoms with Crippen LogP contribution < -0.4 is 5.32 Å². The van der Waals surface area contributed by atoms with Gasteiger partial charge in [0.15, 0.2) is 5.78 Å². The van der Waals surface area contributed by atoms with E-state index >= 15 is 0 Å². The third kappa shape index (κ3) is 3.04. The number of phenols is 1. The van der Waals surface area contributed by atoms with Gasteiger partial charge in [0, 0.05) is 23.6 Å². The average Bonchev–Trinajstić information content (AvgIpc) is 3.09. The molecule has 152 valence electrons. The Hall–Kier alpha value is -2.93. The van der Waals surface area contributed by atoms with Gasteiger partial charge in [-0.15, -0.1) is 0 Å². The van der Waals surface area contributed by atoms with Crippen molar-refractivity contribution in [1.29, 1.82) is 0 Å². The third-order valence-electron chi connectivity index (χ3n) is 5.90. The van der Waals surface area contributed by atoms with Gasteiger partial charge < -0.3 is 14.9 Å². The predicted molar refractivity (Wildman–Crippen MR) is 113 cm³/mol. The van der Waals surface area contributed by atoms with E-state index in [4.69, 9.17) is 4.52 Å². The summed E-state index contributed by atoms with van der Waals surface area (Å²) in [5.41, 5.74) is 4.54. The molecule has 0 fully saturated rings. The van der Waals surface area contributed by atoms with Crippen molar-refractivity contribution in [1.82, 2.24) is 5.16 Å². The number of rotatable bonds is 2. The van der Waals surface area contributed by atoms with Gasteiger partial charge in [-0.05, 0) is 70.6 Å². The number of allylic oxidation sites excluding steroid dienone is 2. The topological polar surface area (TPSA) is 75.4 Å². The number of halogens is 2. The Morgan fingerprint density at radius 1 is 1.17 bits per heavy atom. The quantitative estimate of drug-likeness (QED) is 0.515. The fourth-order valence-corrected chi connectivity index (χ4v) is 4.73. The van der Waals surface area contributed by atoms with Crippen LogP contribution in [0.4, 0.5) is 10.3 Å². The van der Waals surface area contributed by atoms with E-state index in [1.54, 1.807) is 18.2 Å². The minimum atomic E-state index is -0.432. The van der Waals surface area contributed by atoms with Crippen molar-refractivity contribution < 1.29 is 18.8 Å². The molecular formula is C23H18BrFN2O3. The SMILES string of the molecule is Cc1noc2c1C(c1ccc(Br)c(F)c1)C1=C(CC(c3ccc(O)cc3)CC1=O)N2. The first-order valence-electron chi connectivity index (χ1n) is 9.65. The van der Waals surface area contributed by atoms with E-state index in [0.29, 0.717) is 40.0 Å².